The molecule has 0 bridgehead atoms. The van der Waals surface area contributed by atoms with Gasteiger partial charge < -0.3 is 15.0 Å². The van der Waals surface area contributed by atoms with E-state index in [4.69, 9.17) is 10.1 Å². The van der Waals surface area contributed by atoms with Gasteiger partial charge in [-0.05, 0) is 29.3 Å². The van der Waals surface area contributed by atoms with E-state index in [1.54, 1.807) is 18.1 Å². The summed E-state index contributed by atoms with van der Waals surface area (Å²) in [5, 5.41) is 7.15. The Bertz CT molecular complexity index is 783. The summed E-state index contributed by atoms with van der Waals surface area (Å²) in [7, 11) is 1.61. The standard InChI is InChI=1S/C19H18N2O3/c1-24-15-8-6-13(7-9-15)12-21-18(10-14(22)11-20)16-4-2-3-5-17(16)19(21)23/h2-9,11,18,20H,10,12H2,1H3. The average Bonchev–Trinajstić information content (AvgIpc) is 2.88. The van der Waals surface area contributed by atoms with Gasteiger partial charge in [-0.15, -0.1) is 0 Å². The summed E-state index contributed by atoms with van der Waals surface area (Å²) >= 11 is 0. The van der Waals surface area contributed by atoms with Crippen LogP contribution in [0.25, 0.3) is 0 Å². The van der Waals surface area contributed by atoms with Gasteiger partial charge in [0.15, 0.2) is 5.78 Å². The summed E-state index contributed by atoms with van der Waals surface area (Å²) in [4.78, 5) is 26.2. The lowest BCUT2D eigenvalue weighted by Crippen LogP contribution is -2.29. The number of nitrogens with one attached hydrogen (secondary N) is 1. The molecule has 5 nitrogen and oxygen atoms in total. The van der Waals surface area contributed by atoms with Crippen molar-refractivity contribution in [1.82, 2.24) is 4.90 Å². The van der Waals surface area contributed by atoms with Gasteiger partial charge in [0.1, 0.15) is 5.75 Å². The number of carbonyl (C=O) groups excluding carboxylic acids is 2. The minimum atomic E-state index is -0.329. The first-order chi connectivity index (χ1) is 11.6. The fourth-order valence-electron chi connectivity index (χ4n) is 3.03. The highest BCUT2D eigenvalue weighted by Crippen LogP contribution is 2.37. The van der Waals surface area contributed by atoms with Gasteiger partial charge in [0.2, 0.25) is 0 Å². The minimum Gasteiger partial charge on any atom is -0.497 e. The van der Waals surface area contributed by atoms with Gasteiger partial charge in [-0.3, -0.25) is 9.59 Å². The van der Waals surface area contributed by atoms with Crippen LogP contribution in [0.2, 0.25) is 0 Å². The van der Waals surface area contributed by atoms with Gasteiger partial charge in [-0.25, -0.2) is 0 Å². The predicted octanol–water partition coefficient (Wildman–Crippen LogP) is 3.00. The molecule has 1 aliphatic rings. The molecule has 0 saturated carbocycles. The largest absolute Gasteiger partial charge is 0.497 e. The number of methoxy groups -OCH3 is 1. The van der Waals surface area contributed by atoms with Crippen LogP contribution < -0.4 is 4.74 Å². The number of hydrogen-bond donors (Lipinski definition) is 1. The van der Waals surface area contributed by atoms with E-state index in [1.807, 2.05) is 42.5 Å². The second-order valence-electron chi connectivity index (χ2n) is 5.70. The highest BCUT2D eigenvalue weighted by atomic mass is 16.5. The molecule has 1 aliphatic heterocycles. The molecule has 0 aromatic heterocycles. The number of fused-ring (bicyclic) bond motifs is 1. The molecule has 1 heterocycles. The molecule has 1 amide bonds. The lowest BCUT2D eigenvalue weighted by molar-refractivity contribution is -0.113. The van der Waals surface area contributed by atoms with Crippen LogP contribution in [0.5, 0.6) is 5.75 Å². The summed E-state index contributed by atoms with van der Waals surface area (Å²) < 4.78 is 5.15. The van der Waals surface area contributed by atoms with Crippen LogP contribution >= 0.6 is 0 Å². The summed E-state index contributed by atoms with van der Waals surface area (Å²) in [6.07, 6.45) is 0.944. The van der Waals surface area contributed by atoms with Gasteiger partial charge in [-0.2, -0.15) is 0 Å². The zero-order valence-electron chi connectivity index (χ0n) is 13.4. The molecule has 1 unspecified atom stereocenters. The topological polar surface area (TPSA) is 70.5 Å². The molecule has 24 heavy (non-hydrogen) atoms. The molecule has 2 aromatic rings. The third kappa shape index (κ3) is 2.93. The number of nitrogens with zero attached hydrogens (tertiary/aromatic N) is 1. The smallest absolute Gasteiger partial charge is 0.255 e. The van der Waals surface area contributed by atoms with Crippen molar-refractivity contribution < 1.29 is 14.3 Å². The zero-order valence-corrected chi connectivity index (χ0v) is 13.4. The first-order valence-electron chi connectivity index (χ1n) is 7.70. The van der Waals surface area contributed by atoms with Crippen molar-refractivity contribution in [2.45, 2.75) is 19.0 Å². The molecule has 5 heteroatoms. The van der Waals surface area contributed by atoms with E-state index in [0.717, 1.165) is 23.1 Å². The third-order valence-corrected chi connectivity index (χ3v) is 4.25. The Kier molecular flexibility index (Phi) is 4.42. The van der Waals surface area contributed by atoms with E-state index in [1.165, 1.54) is 0 Å². The van der Waals surface area contributed by atoms with Crippen molar-refractivity contribution in [2.24, 2.45) is 0 Å². The number of ether oxygens (including phenoxy) is 1. The van der Waals surface area contributed by atoms with Gasteiger partial charge in [-0.1, -0.05) is 30.3 Å². The van der Waals surface area contributed by atoms with E-state index in [9.17, 15) is 9.59 Å². The number of ketones is 1. The van der Waals surface area contributed by atoms with E-state index in [0.29, 0.717) is 12.1 Å². The Morgan fingerprint density at radius 1 is 1.21 bits per heavy atom. The Morgan fingerprint density at radius 2 is 1.92 bits per heavy atom. The second-order valence-corrected chi connectivity index (χ2v) is 5.70. The van der Waals surface area contributed by atoms with Crippen molar-refractivity contribution in [3.8, 4) is 5.75 Å². The first kappa shape index (κ1) is 15.9. The van der Waals surface area contributed by atoms with Crippen LogP contribution in [0.4, 0.5) is 0 Å². The Balaban J connectivity index is 1.90. The third-order valence-electron chi connectivity index (χ3n) is 4.25. The van der Waals surface area contributed by atoms with E-state index in [-0.39, 0.29) is 24.2 Å². The van der Waals surface area contributed by atoms with E-state index >= 15 is 0 Å². The summed E-state index contributed by atoms with van der Waals surface area (Å²) in [6, 6.07) is 14.5. The molecule has 0 saturated heterocycles. The maximum absolute atomic E-state index is 12.7. The molecule has 0 aliphatic carbocycles. The van der Waals surface area contributed by atoms with Gasteiger partial charge in [0, 0.05) is 18.5 Å². The zero-order chi connectivity index (χ0) is 17.1. The van der Waals surface area contributed by atoms with Crippen molar-refractivity contribution in [1.29, 1.82) is 5.41 Å². The van der Waals surface area contributed by atoms with Crippen LogP contribution in [0, 0.1) is 5.41 Å². The fraction of sp³-hybridized carbons (Fsp3) is 0.211. The average molecular weight is 322 g/mol. The number of rotatable bonds is 6. The van der Waals surface area contributed by atoms with Crippen LogP contribution in [-0.4, -0.2) is 29.9 Å². The molecule has 0 spiro atoms. The molecular formula is C19H18N2O3. The lowest BCUT2D eigenvalue weighted by atomic mass is 10.0. The molecule has 1 N–H and O–H groups in total. The summed E-state index contributed by atoms with van der Waals surface area (Å²) in [5.74, 6) is 0.388. The number of carbonyl (C=O) groups is 2. The Hall–Kier alpha value is -2.95. The summed E-state index contributed by atoms with van der Waals surface area (Å²) in [6.45, 7) is 0.410. The van der Waals surface area contributed by atoms with E-state index in [2.05, 4.69) is 0 Å². The Morgan fingerprint density at radius 3 is 2.58 bits per heavy atom. The van der Waals surface area contributed by atoms with Gasteiger partial charge in [0.05, 0.1) is 19.4 Å². The molecule has 122 valence electrons. The molecule has 2 aromatic carbocycles. The van der Waals surface area contributed by atoms with Crippen molar-refractivity contribution in [2.75, 3.05) is 7.11 Å². The monoisotopic (exact) mass is 322 g/mol. The van der Waals surface area contributed by atoms with Crippen LogP contribution in [-0.2, 0) is 11.3 Å². The van der Waals surface area contributed by atoms with Gasteiger partial charge >= 0.3 is 0 Å². The van der Waals surface area contributed by atoms with Gasteiger partial charge in [0.25, 0.3) is 5.91 Å². The summed E-state index contributed by atoms with van der Waals surface area (Å²) in [5.41, 5.74) is 2.45. The highest BCUT2D eigenvalue weighted by Gasteiger charge is 2.37. The fourth-order valence-corrected chi connectivity index (χ4v) is 3.03. The van der Waals surface area contributed by atoms with Crippen molar-refractivity contribution >= 4 is 17.9 Å². The maximum Gasteiger partial charge on any atom is 0.255 e. The van der Waals surface area contributed by atoms with Crippen LogP contribution in [0.3, 0.4) is 0 Å². The Labute approximate surface area is 140 Å². The normalized spacial score (nSPS) is 16.0. The molecule has 1 atom stereocenters. The number of hydrogen-bond acceptors (Lipinski definition) is 4. The van der Waals surface area contributed by atoms with Crippen molar-refractivity contribution in [3.05, 3.63) is 65.2 Å². The van der Waals surface area contributed by atoms with Crippen molar-refractivity contribution in [3.63, 3.8) is 0 Å². The molecular weight excluding hydrogens is 304 g/mol. The number of Topliss-reactive ketones (excluding diaryl/α,β-unsaturated/α-hetero) is 1. The lowest BCUT2D eigenvalue weighted by Gasteiger charge is -2.24. The van der Waals surface area contributed by atoms with Crippen LogP contribution in [0.1, 0.15) is 33.9 Å². The second kappa shape index (κ2) is 6.66. The quantitative estimate of drug-likeness (QED) is 0.831. The number of amides is 1. The maximum atomic E-state index is 12.7. The van der Waals surface area contributed by atoms with E-state index < -0.39 is 0 Å². The molecule has 3 rings (SSSR count). The molecule has 0 radical (unpaired) electrons. The minimum absolute atomic E-state index is 0.0794. The molecule has 0 fully saturated rings. The van der Waals surface area contributed by atoms with Crippen LogP contribution in [0.15, 0.2) is 48.5 Å². The number of benzene rings is 2. The highest BCUT2D eigenvalue weighted by molar-refractivity contribution is 6.26. The first-order valence-corrected chi connectivity index (χ1v) is 7.70. The predicted molar refractivity (Wildman–Crippen MR) is 90.5 cm³/mol. The SMILES string of the molecule is COc1ccc(CN2C(=O)c3ccccc3C2CC(=O)C=N)cc1.